The lowest BCUT2D eigenvalue weighted by molar-refractivity contribution is 0.410. The fourth-order valence-corrected chi connectivity index (χ4v) is 2.21. The summed E-state index contributed by atoms with van der Waals surface area (Å²) in [7, 11) is 0. The monoisotopic (exact) mass is 256 g/mol. The second kappa shape index (κ2) is 4.28. The van der Waals surface area contributed by atoms with Gasteiger partial charge < -0.3 is 10.3 Å². The normalized spacial score (nSPS) is 22.2. The molecule has 4 heteroatoms. The summed E-state index contributed by atoms with van der Waals surface area (Å²) in [6.45, 7) is 1.01. The number of piperidine rings is 1. The van der Waals surface area contributed by atoms with Gasteiger partial charge in [-0.15, -0.1) is 0 Å². The maximum Gasteiger partial charge on any atom is 0.200 e. The van der Waals surface area contributed by atoms with Crippen molar-refractivity contribution >= 4 is 15.9 Å². The van der Waals surface area contributed by atoms with Gasteiger partial charge in [-0.25, -0.2) is 0 Å². The number of nitrogens with one attached hydrogen (secondary N) is 2. The molecule has 2 N–H and O–H groups in total. The number of hydrogen-bond acceptors (Lipinski definition) is 2. The third kappa shape index (κ3) is 1.91. The number of aromatic amines is 1. The fraction of sp³-hybridized carbons (Fsp3) is 0.500. The molecule has 3 nitrogen and oxygen atoms in total. The molecule has 2 heterocycles. The molecule has 0 bridgehead atoms. The molecule has 1 aromatic heterocycles. The van der Waals surface area contributed by atoms with E-state index in [1.165, 1.54) is 12.8 Å². The van der Waals surface area contributed by atoms with E-state index in [9.17, 15) is 4.79 Å². The maximum atomic E-state index is 11.8. The lowest BCUT2D eigenvalue weighted by Gasteiger charge is -2.23. The highest BCUT2D eigenvalue weighted by atomic mass is 79.9. The number of aromatic nitrogens is 1. The van der Waals surface area contributed by atoms with E-state index in [1.54, 1.807) is 12.4 Å². The molecule has 1 fully saturated rings. The largest absolute Gasteiger partial charge is 0.366 e. The molecule has 0 saturated carbocycles. The molecule has 1 aliphatic heterocycles. The summed E-state index contributed by atoms with van der Waals surface area (Å²) in [5, 5.41) is 3.36. The minimum absolute atomic E-state index is 0.100. The van der Waals surface area contributed by atoms with Gasteiger partial charge in [0.2, 0.25) is 0 Å². The van der Waals surface area contributed by atoms with Gasteiger partial charge in [0.25, 0.3) is 0 Å². The second-order valence-corrected chi connectivity index (χ2v) is 4.44. The Bertz CT molecular complexity index is 369. The van der Waals surface area contributed by atoms with Crippen LogP contribution in [0.2, 0.25) is 0 Å². The van der Waals surface area contributed by atoms with Crippen LogP contribution in [0.15, 0.2) is 21.7 Å². The summed E-state index contributed by atoms with van der Waals surface area (Å²) in [5.41, 5.74) is 0.947. The van der Waals surface area contributed by atoms with Crippen LogP contribution in [0.5, 0.6) is 0 Å². The molecule has 76 valence electrons. The third-order valence-corrected chi connectivity index (χ3v) is 3.20. The van der Waals surface area contributed by atoms with E-state index in [1.807, 2.05) is 0 Å². The SMILES string of the molecule is O=c1c(Br)c[nH]cc1C1CCCCN1. The quantitative estimate of drug-likeness (QED) is 0.807. The summed E-state index contributed by atoms with van der Waals surface area (Å²) in [5.74, 6) is 0. The number of hydrogen-bond donors (Lipinski definition) is 2. The number of pyridine rings is 1. The van der Waals surface area contributed by atoms with Gasteiger partial charge >= 0.3 is 0 Å². The van der Waals surface area contributed by atoms with Crippen molar-refractivity contribution in [1.29, 1.82) is 0 Å². The Morgan fingerprint density at radius 3 is 2.93 bits per heavy atom. The Morgan fingerprint density at radius 1 is 1.36 bits per heavy atom. The van der Waals surface area contributed by atoms with Gasteiger partial charge in [-0.1, -0.05) is 6.42 Å². The molecule has 2 rings (SSSR count). The first kappa shape index (κ1) is 9.93. The minimum atomic E-state index is 0.100. The molecule has 0 radical (unpaired) electrons. The molecular weight excluding hydrogens is 244 g/mol. The van der Waals surface area contributed by atoms with E-state index < -0.39 is 0 Å². The fourth-order valence-electron chi connectivity index (χ4n) is 1.85. The molecule has 1 unspecified atom stereocenters. The Morgan fingerprint density at radius 2 is 2.21 bits per heavy atom. The molecular formula is C10H13BrN2O. The molecule has 1 atom stereocenters. The summed E-state index contributed by atoms with van der Waals surface area (Å²) in [6, 6.07) is 0.227. The van der Waals surface area contributed by atoms with Crippen LogP contribution in [0.3, 0.4) is 0 Å². The first-order chi connectivity index (χ1) is 6.79. The number of rotatable bonds is 1. The average Bonchev–Trinajstić information content (AvgIpc) is 2.23. The van der Waals surface area contributed by atoms with Gasteiger partial charge in [-0.2, -0.15) is 0 Å². The van der Waals surface area contributed by atoms with Crippen LogP contribution in [0.4, 0.5) is 0 Å². The Labute approximate surface area is 91.0 Å². The van der Waals surface area contributed by atoms with Crippen molar-refractivity contribution in [2.24, 2.45) is 0 Å². The standard InChI is InChI=1S/C10H13BrN2O/c11-8-6-12-5-7(10(8)14)9-3-1-2-4-13-9/h5-6,9,13H,1-4H2,(H,12,14). The molecule has 0 aromatic carbocycles. The first-order valence-corrected chi connectivity index (χ1v) is 5.68. The maximum absolute atomic E-state index is 11.8. The van der Waals surface area contributed by atoms with Crippen LogP contribution in [0, 0.1) is 0 Å². The van der Waals surface area contributed by atoms with Crippen molar-refractivity contribution in [3.05, 3.63) is 32.7 Å². The van der Waals surface area contributed by atoms with Gasteiger partial charge in [0.05, 0.1) is 4.47 Å². The van der Waals surface area contributed by atoms with Gasteiger partial charge in [0, 0.05) is 24.0 Å². The predicted molar refractivity (Wildman–Crippen MR) is 59.4 cm³/mol. The van der Waals surface area contributed by atoms with Crippen LogP contribution < -0.4 is 10.7 Å². The Hall–Kier alpha value is -0.610. The van der Waals surface area contributed by atoms with Crippen molar-refractivity contribution in [2.45, 2.75) is 25.3 Å². The molecule has 1 aromatic rings. The highest BCUT2D eigenvalue weighted by Gasteiger charge is 2.17. The molecule has 0 spiro atoms. The van der Waals surface area contributed by atoms with E-state index >= 15 is 0 Å². The van der Waals surface area contributed by atoms with Crippen LogP contribution in [-0.4, -0.2) is 11.5 Å². The second-order valence-electron chi connectivity index (χ2n) is 3.59. The van der Waals surface area contributed by atoms with Crippen molar-refractivity contribution in [2.75, 3.05) is 6.54 Å². The van der Waals surface area contributed by atoms with Crippen LogP contribution >= 0.6 is 15.9 Å². The average molecular weight is 257 g/mol. The van der Waals surface area contributed by atoms with Gasteiger partial charge in [0.15, 0.2) is 5.43 Å². The van der Waals surface area contributed by atoms with Gasteiger partial charge in [0.1, 0.15) is 0 Å². The zero-order valence-corrected chi connectivity index (χ0v) is 9.43. The van der Waals surface area contributed by atoms with Crippen molar-refractivity contribution in [3.8, 4) is 0 Å². The molecule has 0 aliphatic carbocycles. The summed E-state index contributed by atoms with van der Waals surface area (Å²) in [6.07, 6.45) is 6.94. The topological polar surface area (TPSA) is 44.9 Å². The zero-order chi connectivity index (χ0) is 9.97. The molecule has 1 aliphatic rings. The smallest absolute Gasteiger partial charge is 0.200 e. The predicted octanol–water partition coefficient (Wildman–Crippen LogP) is 1.95. The summed E-state index contributed by atoms with van der Waals surface area (Å²) in [4.78, 5) is 14.7. The third-order valence-electron chi connectivity index (χ3n) is 2.61. The molecule has 0 amide bonds. The van der Waals surface area contributed by atoms with Gasteiger partial charge in [-0.3, -0.25) is 4.79 Å². The van der Waals surface area contributed by atoms with E-state index in [-0.39, 0.29) is 11.5 Å². The molecule has 14 heavy (non-hydrogen) atoms. The van der Waals surface area contributed by atoms with E-state index in [2.05, 4.69) is 26.2 Å². The van der Waals surface area contributed by atoms with E-state index in [0.29, 0.717) is 4.47 Å². The van der Waals surface area contributed by atoms with Crippen molar-refractivity contribution in [3.63, 3.8) is 0 Å². The Kier molecular flexibility index (Phi) is 3.03. The van der Waals surface area contributed by atoms with Crippen LogP contribution in [0.1, 0.15) is 30.9 Å². The van der Waals surface area contributed by atoms with Crippen LogP contribution in [-0.2, 0) is 0 Å². The van der Waals surface area contributed by atoms with Crippen molar-refractivity contribution in [1.82, 2.24) is 10.3 Å². The highest BCUT2D eigenvalue weighted by Crippen LogP contribution is 2.20. The van der Waals surface area contributed by atoms with Crippen molar-refractivity contribution < 1.29 is 0 Å². The zero-order valence-electron chi connectivity index (χ0n) is 7.85. The summed E-state index contributed by atoms with van der Waals surface area (Å²) >= 11 is 3.24. The summed E-state index contributed by atoms with van der Waals surface area (Å²) < 4.78 is 0.613. The Balaban J connectivity index is 2.31. The van der Waals surface area contributed by atoms with E-state index in [0.717, 1.165) is 18.5 Å². The van der Waals surface area contributed by atoms with Gasteiger partial charge in [-0.05, 0) is 35.3 Å². The van der Waals surface area contributed by atoms with E-state index in [4.69, 9.17) is 0 Å². The lowest BCUT2D eigenvalue weighted by atomic mass is 9.99. The first-order valence-electron chi connectivity index (χ1n) is 4.89. The van der Waals surface area contributed by atoms with Crippen LogP contribution in [0.25, 0.3) is 0 Å². The lowest BCUT2D eigenvalue weighted by Crippen LogP contribution is -2.30. The number of halogens is 1. The number of H-pyrrole nitrogens is 1. The molecule has 1 saturated heterocycles. The minimum Gasteiger partial charge on any atom is -0.366 e. The highest BCUT2D eigenvalue weighted by molar-refractivity contribution is 9.10.